The molecule has 0 amide bonds. The van der Waals surface area contributed by atoms with Crippen molar-refractivity contribution in [1.29, 1.82) is 0 Å². The summed E-state index contributed by atoms with van der Waals surface area (Å²) >= 11 is 0. The average molecular weight is 210 g/mol. The SMILES string of the molecule is CN(Cc1ncno1)C1CCCC1CN. The lowest BCUT2D eigenvalue weighted by Gasteiger charge is -2.27. The van der Waals surface area contributed by atoms with Gasteiger partial charge in [-0.25, -0.2) is 0 Å². The Morgan fingerprint density at radius 3 is 3.13 bits per heavy atom. The normalized spacial score (nSPS) is 26.3. The Balaban J connectivity index is 1.92. The van der Waals surface area contributed by atoms with E-state index in [9.17, 15) is 0 Å². The van der Waals surface area contributed by atoms with Crippen molar-refractivity contribution in [2.75, 3.05) is 13.6 Å². The lowest BCUT2D eigenvalue weighted by Crippen LogP contribution is -2.37. The van der Waals surface area contributed by atoms with Crippen molar-refractivity contribution in [1.82, 2.24) is 15.0 Å². The molecule has 2 rings (SSSR count). The minimum absolute atomic E-state index is 0.571. The molecule has 1 heterocycles. The second-order valence-corrected chi connectivity index (χ2v) is 4.24. The molecular weight excluding hydrogens is 192 g/mol. The second kappa shape index (κ2) is 4.72. The third-order valence-electron chi connectivity index (χ3n) is 3.28. The first-order valence-corrected chi connectivity index (χ1v) is 5.47. The molecule has 15 heavy (non-hydrogen) atoms. The number of hydrogen-bond donors (Lipinski definition) is 1. The predicted octanol–water partition coefficient (Wildman–Crippen LogP) is 0.629. The van der Waals surface area contributed by atoms with Gasteiger partial charge in [-0.1, -0.05) is 11.6 Å². The first-order valence-electron chi connectivity index (χ1n) is 5.47. The van der Waals surface area contributed by atoms with Gasteiger partial charge < -0.3 is 10.3 Å². The van der Waals surface area contributed by atoms with E-state index < -0.39 is 0 Å². The van der Waals surface area contributed by atoms with E-state index in [1.54, 1.807) is 0 Å². The fourth-order valence-corrected chi connectivity index (χ4v) is 2.47. The van der Waals surface area contributed by atoms with Gasteiger partial charge in [0.25, 0.3) is 0 Å². The summed E-state index contributed by atoms with van der Waals surface area (Å²) in [7, 11) is 2.10. The van der Waals surface area contributed by atoms with Crippen LogP contribution in [0.1, 0.15) is 25.2 Å². The highest BCUT2D eigenvalue weighted by Gasteiger charge is 2.29. The zero-order chi connectivity index (χ0) is 10.7. The topological polar surface area (TPSA) is 68.2 Å². The maximum atomic E-state index is 5.76. The molecular formula is C10H18N4O. The quantitative estimate of drug-likeness (QED) is 0.789. The van der Waals surface area contributed by atoms with E-state index in [-0.39, 0.29) is 0 Å². The van der Waals surface area contributed by atoms with Crippen molar-refractivity contribution < 1.29 is 4.52 Å². The molecule has 84 valence electrons. The van der Waals surface area contributed by atoms with Crippen LogP contribution < -0.4 is 5.73 Å². The minimum atomic E-state index is 0.571. The van der Waals surface area contributed by atoms with Crippen LogP contribution >= 0.6 is 0 Å². The Hall–Kier alpha value is -0.940. The highest BCUT2D eigenvalue weighted by Crippen LogP contribution is 2.28. The molecule has 2 atom stereocenters. The van der Waals surface area contributed by atoms with Crippen LogP contribution in [0.2, 0.25) is 0 Å². The smallest absolute Gasteiger partial charge is 0.240 e. The van der Waals surface area contributed by atoms with E-state index in [4.69, 9.17) is 10.3 Å². The number of rotatable bonds is 4. The Labute approximate surface area is 89.6 Å². The van der Waals surface area contributed by atoms with E-state index in [1.165, 1.54) is 25.6 Å². The Morgan fingerprint density at radius 2 is 2.47 bits per heavy atom. The first-order chi connectivity index (χ1) is 7.31. The maximum Gasteiger partial charge on any atom is 0.240 e. The van der Waals surface area contributed by atoms with Crippen LogP contribution in [0.25, 0.3) is 0 Å². The first kappa shape index (κ1) is 10.6. The molecule has 0 bridgehead atoms. The lowest BCUT2D eigenvalue weighted by molar-refractivity contribution is 0.171. The largest absolute Gasteiger partial charge is 0.338 e. The van der Waals surface area contributed by atoms with Crippen LogP contribution in [0, 0.1) is 5.92 Å². The highest BCUT2D eigenvalue weighted by molar-refractivity contribution is 4.86. The van der Waals surface area contributed by atoms with Crippen molar-refractivity contribution in [2.45, 2.75) is 31.8 Å². The summed E-state index contributed by atoms with van der Waals surface area (Å²) in [6, 6.07) is 0.571. The number of nitrogens with zero attached hydrogens (tertiary/aromatic N) is 3. The van der Waals surface area contributed by atoms with Crippen LogP contribution in [0.15, 0.2) is 10.9 Å². The van der Waals surface area contributed by atoms with Crippen molar-refractivity contribution in [3.8, 4) is 0 Å². The van der Waals surface area contributed by atoms with Gasteiger partial charge in [-0.2, -0.15) is 4.98 Å². The van der Waals surface area contributed by atoms with Crippen molar-refractivity contribution in [2.24, 2.45) is 11.7 Å². The van der Waals surface area contributed by atoms with E-state index >= 15 is 0 Å². The Kier molecular flexibility index (Phi) is 3.33. The molecule has 0 aromatic carbocycles. The fraction of sp³-hybridized carbons (Fsp3) is 0.800. The van der Waals surface area contributed by atoms with Crippen LogP contribution in [0.4, 0.5) is 0 Å². The second-order valence-electron chi connectivity index (χ2n) is 4.24. The molecule has 5 heteroatoms. The Morgan fingerprint density at radius 1 is 1.60 bits per heavy atom. The van der Waals surface area contributed by atoms with Crippen LogP contribution in [-0.2, 0) is 6.54 Å². The van der Waals surface area contributed by atoms with Gasteiger partial charge in [0.2, 0.25) is 5.89 Å². The van der Waals surface area contributed by atoms with Crippen molar-refractivity contribution >= 4 is 0 Å². The molecule has 0 radical (unpaired) electrons. The molecule has 0 saturated heterocycles. The monoisotopic (exact) mass is 210 g/mol. The molecule has 1 aliphatic carbocycles. The number of hydrogen-bond acceptors (Lipinski definition) is 5. The van der Waals surface area contributed by atoms with Crippen molar-refractivity contribution in [3.63, 3.8) is 0 Å². The van der Waals surface area contributed by atoms with E-state index in [0.717, 1.165) is 13.1 Å². The highest BCUT2D eigenvalue weighted by atomic mass is 16.5. The van der Waals surface area contributed by atoms with Gasteiger partial charge in [0.1, 0.15) is 0 Å². The molecule has 1 aromatic rings. The lowest BCUT2D eigenvalue weighted by atomic mass is 10.0. The van der Waals surface area contributed by atoms with Gasteiger partial charge in [-0.3, -0.25) is 4.90 Å². The van der Waals surface area contributed by atoms with E-state index in [1.807, 2.05) is 0 Å². The molecule has 2 N–H and O–H groups in total. The predicted molar refractivity (Wildman–Crippen MR) is 55.9 cm³/mol. The molecule has 1 fully saturated rings. The van der Waals surface area contributed by atoms with Crippen LogP contribution in [0.5, 0.6) is 0 Å². The molecule has 1 saturated carbocycles. The van der Waals surface area contributed by atoms with Crippen LogP contribution in [0.3, 0.4) is 0 Å². The summed E-state index contributed by atoms with van der Waals surface area (Å²) in [5, 5.41) is 3.60. The molecule has 0 spiro atoms. The fourth-order valence-electron chi connectivity index (χ4n) is 2.47. The standard InChI is InChI=1S/C10H18N4O/c1-14(6-10-12-7-13-15-10)9-4-2-3-8(9)5-11/h7-9H,2-6,11H2,1H3. The number of aromatic nitrogens is 2. The van der Waals surface area contributed by atoms with E-state index in [2.05, 4.69) is 22.1 Å². The minimum Gasteiger partial charge on any atom is -0.338 e. The van der Waals surface area contributed by atoms with Gasteiger partial charge in [0.15, 0.2) is 6.33 Å². The summed E-state index contributed by atoms with van der Waals surface area (Å²) in [4.78, 5) is 6.30. The van der Waals surface area contributed by atoms with Gasteiger partial charge in [0.05, 0.1) is 6.54 Å². The summed E-state index contributed by atoms with van der Waals surface area (Å²) in [5.41, 5.74) is 5.76. The molecule has 1 aromatic heterocycles. The molecule has 5 nitrogen and oxygen atoms in total. The summed E-state index contributed by atoms with van der Waals surface area (Å²) in [6.45, 7) is 1.50. The Bertz CT molecular complexity index is 288. The zero-order valence-corrected chi connectivity index (χ0v) is 9.09. The zero-order valence-electron chi connectivity index (χ0n) is 9.09. The molecule has 2 unspecified atom stereocenters. The average Bonchev–Trinajstić information content (AvgIpc) is 2.86. The van der Waals surface area contributed by atoms with Gasteiger partial charge in [-0.15, -0.1) is 0 Å². The number of nitrogens with two attached hydrogens (primary N) is 1. The molecule has 0 aliphatic heterocycles. The van der Waals surface area contributed by atoms with Gasteiger partial charge in [0, 0.05) is 6.04 Å². The summed E-state index contributed by atoms with van der Waals surface area (Å²) in [5.74, 6) is 1.30. The molecule has 1 aliphatic rings. The van der Waals surface area contributed by atoms with Gasteiger partial charge >= 0.3 is 0 Å². The maximum absolute atomic E-state index is 5.76. The van der Waals surface area contributed by atoms with E-state index in [0.29, 0.717) is 17.9 Å². The van der Waals surface area contributed by atoms with Crippen LogP contribution in [-0.4, -0.2) is 34.7 Å². The summed E-state index contributed by atoms with van der Waals surface area (Å²) in [6.07, 6.45) is 5.20. The van der Waals surface area contributed by atoms with Gasteiger partial charge in [-0.05, 0) is 32.4 Å². The van der Waals surface area contributed by atoms with Crippen molar-refractivity contribution in [3.05, 3.63) is 12.2 Å². The third kappa shape index (κ3) is 2.35. The summed E-state index contributed by atoms with van der Waals surface area (Å²) < 4.78 is 5.00. The third-order valence-corrected chi connectivity index (χ3v) is 3.28.